The Bertz CT molecular complexity index is 1270. The maximum Gasteiger partial charge on any atom is 0.418 e. The summed E-state index contributed by atoms with van der Waals surface area (Å²) in [6.45, 7) is 0.0125. The van der Waals surface area contributed by atoms with Gasteiger partial charge in [0.1, 0.15) is 12.4 Å². The second-order valence-corrected chi connectivity index (χ2v) is 10.5. The molecule has 2 saturated heterocycles. The van der Waals surface area contributed by atoms with E-state index in [-0.39, 0.29) is 13.1 Å². The number of halogens is 2. The summed E-state index contributed by atoms with van der Waals surface area (Å²) >= 11 is 3.42. The molecule has 5 rings (SSSR count). The SMILES string of the molecule is O=C(O)N1CCCC(N(Cc2ccc(F)cc2)C(=O)CN2C(=O)O[C@@]3(CCc4cc(Br)ccc43)C2=O)C1. The molecule has 2 fully saturated rings. The summed E-state index contributed by atoms with van der Waals surface area (Å²) < 4.78 is 19.9. The molecule has 2 aromatic rings. The number of carbonyl (C=O) groups excluding carboxylic acids is 3. The fourth-order valence-corrected chi connectivity index (χ4v) is 5.85. The summed E-state index contributed by atoms with van der Waals surface area (Å²) in [5, 5.41) is 9.47. The van der Waals surface area contributed by atoms with Crippen molar-refractivity contribution in [3.63, 3.8) is 0 Å². The minimum atomic E-state index is -1.44. The number of hydrogen-bond acceptors (Lipinski definition) is 5. The Balaban J connectivity index is 1.39. The Hall–Kier alpha value is -3.47. The fourth-order valence-electron chi connectivity index (χ4n) is 5.44. The highest BCUT2D eigenvalue weighted by molar-refractivity contribution is 9.10. The molecule has 0 radical (unpaired) electrons. The Morgan fingerprint density at radius 1 is 1.19 bits per heavy atom. The first-order valence-corrected chi connectivity index (χ1v) is 12.8. The molecular weight excluding hydrogens is 549 g/mol. The lowest BCUT2D eigenvalue weighted by Crippen LogP contribution is -2.53. The molecule has 2 aromatic carbocycles. The number of rotatable bonds is 5. The molecule has 9 nitrogen and oxygen atoms in total. The molecule has 1 spiro atoms. The number of benzene rings is 2. The topological polar surface area (TPSA) is 107 Å². The van der Waals surface area contributed by atoms with Gasteiger partial charge in [-0.15, -0.1) is 0 Å². The van der Waals surface area contributed by atoms with Crippen LogP contribution in [-0.4, -0.2) is 69.5 Å². The highest BCUT2D eigenvalue weighted by Crippen LogP contribution is 2.46. The van der Waals surface area contributed by atoms with Crippen LogP contribution in [0.2, 0.25) is 0 Å². The predicted octanol–water partition coefficient (Wildman–Crippen LogP) is 3.88. The quantitative estimate of drug-likeness (QED) is 0.581. The van der Waals surface area contributed by atoms with E-state index in [2.05, 4.69) is 15.9 Å². The Morgan fingerprint density at radius 3 is 2.68 bits per heavy atom. The molecular formula is C26H25BrFN3O6. The van der Waals surface area contributed by atoms with E-state index in [1.165, 1.54) is 21.9 Å². The van der Waals surface area contributed by atoms with Gasteiger partial charge in [-0.25, -0.2) is 18.9 Å². The number of amides is 4. The van der Waals surface area contributed by atoms with Crippen molar-refractivity contribution in [1.82, 2.24) is 14.7 Å². The molecule has 1 unspecified atom stereocenters. The molecule has 3 aliphatic rings. The maximum absolute atomic E-state index is 13.6. The first-order valence-electron chi connectivity index (χ1n) is 12.0. The van der Waals surface area contributed by atoms with Crippen LogP contribution >= 0.6 is 15.9 Å². The summed E-state index contributed by atoms with van der Waals surface area (Å²) in [5.74, 6) is -1.52. The van der Waals surface area contributed by atoms with Crippen molar-refractivity contribution >= 4 is 39.9 Å². The summed E-state index contributed by atoms with van der Waals surface area (Å²) in [6.07, 6.45) is 0.00596. The number of fused-ring (bicyclic) bond motifs is 2. The van der Waals surface area contributed by atoms with Gasteiger partial charge in [0.15, 0.2) is 0 Å². The number of aryl methyl sites for hydroxylation is 1. The molecule has 1 aliphatic carbocycles. The van der Waals surface area contributed by atoms with E-state index < -0.39 is 48.0 Å². The Labute approximate surface area is 220 Å². The lowest BCUT2D eigenvalue weighted by atomic mass is 9.95. The molecule has 11 heteroatoms. The third-order valence-corrected chi connectivity index (χ3v) is 7.80. The van der Waals surface area contributed by atoms with Gasteiger partial charge in [0.05, 0.1) is 0 Å². The van der Waals surface area contributed by atoms with Gasteiger partial charge in [-0.2, -0.15) is 0 Å². The van der Waals surface area contributed by atoms with Gasteiger partial charge < -0.3 is 19.6 Å². The number of carbonyl (C=O) groups is 4. The lowest BCUT2D eigenvalue weighted by Gasteiger charge is -2.38. The van der Waals surface area contributed by atoms with Crippen molar-refractivity contribution in [2.75, 3.05) is 19.6 Å². The normalized spacial score (nSPS) is 22.8. The first kappa shape index (κ1) is 25.2. The monoisotopic (exact) mass is 573 g/mol. The van der Waals surface area contributed by atoms with E-state index >= 15 is 0 Å². The van der Waals surface area contributed by atoms with E-state index in [0.717, 1.165) is 14.9 Å². The molecule has 2 atom stereocenters. The number of likely N-dealkylation sites (tertiary alicyclic amines) is 1. The van der Waals surface area contributed by atoms with E-state index in [9.17, 15) is 28.7 Å². The number of nitrogens with zero attached hydrogens (tertiary/aromatic N) is 3. The summed E-state index contributed by atoms with van der Waals surface area (Å²) in [6, 6.07) is 10.6. The van der Waals surface area contributed by atoms with E-state index in [4.69, 9.17) is 4.74 Å². The van der Waals surface area contributed by atoms with Crippen LogP contribution in [0.4, 0.5) is 14.0 Å². The number of imide groups is 1. The fraction of sp³-hybridized carbons (Fsp3) is 0.385. The molecule has 2 heterocycles. The van der Waals surface area contributed by atoms with Crippen molar-refractivity contribution in [3.05, 3.63) is 69.4 Å². The Kier molecular flexibility index (Phi) is 6.65. The van der Waals surface area contributed by atoms with Crippen LogP contribution in [0.3, 0.4) is 0 Å². The van der Waals surface area contributed by atoms with Gasteiger partial charge in [0.2, 0.25) is 11.5 Å². The van der Waals surface area contributed by atoms with Crippen LogP contribution in [0, 0.1) is 5.82 Å². The highest BCUT2D eigenvalue weighted by atomic mass is 79.9. The van der Waals surface area contributed by atoms with Crippen LogP contribution in [-0.2, 0) is 32.9 Å². The molecule has 0 saturated carbocycles. The molecule has 4 amide bonds. The second kappa shape index (κ2) is 9.77. The van der Waals surface area contributed by atoms with Gasteiger partial charge in [0, 0.05) is 42.1 Å². The zero-order valence-electron chi connectivity index (χ0n) is 19.9. The van der Waals surface area contributed by atoms with Crippen molar-refractivity contribution in [1.29, 1.82) is 0 Å². The van der Waals surface area contributed by atoms with Gasteiger partial charge in [-0.3, -0.25) is 9.59 Å². The summed E-state index contributed by atoms with van der Waals surface area (Å²) in [5.41, 5.74) is 0.721. The van der Waals surface area contributed by atoms with Crippen LogP contribution in [0.5, 0.6) is 0 Å². The van der Waals surface area contributed by atoms with Crippen molar-refractivity contribution in [3.8, 4) is 0 Å². The van der Waals surface area contributed by atoms with Crippen LogP contribution in [0.1, 0.15) is 36.0 Å². The van der Waals surface area contributed by atoms with Crippen molar-refractivity contribution < 1.29 is 33.4 Å². The predicted molar refractivity (Wildman–Crippen MR) is 132 cm³/mol. The third-order valence-electron chi connectivity index (χ3n) is 7.31. The minimum absolute atomic E-state index is 0.0797. The largest absolute Gasteiger partial charge is 0.465 e. The molecule has 0 bridgehead atoms. The van der Waals surface area contributed by atoms with Crippen molar-refractivity contribution in [2.45, 2.75) is 43.9 Å². The zero-order valence-corrected chi connectivity index (χ0v) is 21.4. The van der Waals surface area contributed by atoms with Crippen molar-refractivity contribution in [2.24, 2.45) is 0 Å². The highest BCUT2D eigenvalue weighted by Gasteiger charge is 2.58. The lowest BCUT2D eigenvalue weighted by molar-refractivity contribution is -0.143. The average molecular weight is 574 g/mol. The minimum Gasteiger partial charge on any atom is -0.465 e. The van der Waals surface area contributed by atoms with E-state index in [0.29, 0.717) is 43.4 Å². The Morgan fingerprint density at radius 2 is 1.95 bits per heavy atom. The molecule has 1 N–H and O–H groups in total. The maximum atomic E-state index is 13.6. The van der Waals surface area contributed by atoms with E-state index in [1.807, 2.05) is 6.07 Å². The van der Waals surface area contributed by atoms with Gasteiger partial charge in [-0.05, 0) is 54.7 Å². The zero-order chi connectivity index (χ0) is 26.3. The van der Waals surface area contributed by atoms with Gasteiger partial charge in [-0.1, -0.05) is 34.1 Å². The smallest absolute Gasteiger partial charge is 0.418 e. The molecule has 37 heavy (non-hydrogen) atoms. The van der Waals surface area contributed by atoms with Gasteiger partial charge in [0.25, 0.3) is 5.91 Å². The molecule has 194 valence electrons. The average Bonchev–Trinajstić information content (AvgIpc) is 3.35. The standard InChI is InChI=1S/C26H25BrFN3O6/c27-18-5-8-21-17(12-18)9-10-26(21)23(33)31(25(36)37-26)15-22(32)30(13-16-3-6-19(28)7-4-16)20-2-1-11-29(14-20)24(34)35/h3-8,12,20H,1-2,9-11,13-15H2,(H,34,35)/t20?,26-/m1/s1. The van der Waals surface area contributed by atoms with Crippen LogP contribution in [0.15, 0.2) is 46.9 Å². The summed E-state index contributed by atoms with van der Waals surface area (Å²) in [4.78, 5) is 55.2. The van der Waals surface area contributed by atoms with Gasteiger partial charge >= 0.3 is 12.2 Å². The summed E-state index contributed by atoms with van der Waals surface area (Å²) in [7, 11) is 0. The van der Waals surface area contributed by atoms with E-state index in [1.54, 1.807) is 24.3 Å². The second-order valence-electron chi connectivity index (χ2n) is 9.56. The number of piperidine rings is 1. The van der Waals surface area contributed by atoms with Crippen LogP contribution in [0.25, 0.3) is 0 Å². The molecule has 2 aliphatic heterocycles. The molecule has 0 aromatic heterocycles. The number of ether oxygens (including phenoxy) is 1. The third kappa shape index (κ3) is 4.68. The first-order chi connectivity index (χ1) is 17.7. The number of carboxylic acid groups (broad SMARTS) is 1. The number of hydrogen-bond donors (Lipinski definition) is 1. The van der Waals surface area contributed by atoms with Crippen LogP contribution < -0.4 is 0 Å².